The van der Waals surface area contributed by atoms with Crippen molar-refractivity contribution in [2.24, 2.45) is 0 Å². The fourth-order valence-corrected chi connectivity index (χ4v) is 4.72. The van der Waals surface area contributed by atoms with E-state index in [9.17, 15) is 0 Å². The number of fused-ring (bicyclic) bond motifs is 1. The summed E-state index contributed by atoms with van der Waals surface area (Å²) in [5, 5.41) is 3.42. The molecular formula is C23H31N7O. The van der Waals surface area contributed by atoms with Crippen molar-refractivity contribution < 1.29 is 4.74 Å². The molecule has 2 fully saturated rings. The van der Waals surface area contributed by atoms with Gasteiger partial charge < -0.3 is 15.0 Å². The van der Waals surface area contributed by atoms with Crippen LogP contribution in [0.5, 0.6) is 0 Å². The molecule has 2 aromatic heterocycles. The zero-order chi connectivity index (χ0) is 21.2. The van der Waals surface area contributed by atoms with Crippen molar-refractivity contribution in [3.63, 3.8) is 0 Å². The third-order valence-corrected chi connectivity index (χ3v) is 6.32. The average molecular weight is 422 g/mol. The van der Waals surface area contributed by atoms with Crippen LogP contribution in [0.15, 0.2) is 36.7 Å². The molecule has 5 rings (SSSR count). The van der Waals surface area contributed by atoms with Crippen LogP contribution >= 0.6 is 0 Å². The van der Waals surface area contributed by atoms with Crippen LogP contribution in [-0.4, -0.2) is 69.9 Å². The number of rotatable bonds is 5. The van der Waals surface area contributed by atoms with E-state index in [4.69, 9.17) is 9.72 Å². The minimum atomic E-state index is 0.261. The summed E-state index contributed by atoms with van der Waals surface area (Å²) < 4.78 is 7.78. The zero-order valence-corrected chi connectivity index (χ0v) is 18.4. The number of benzene rings is 1. The first-order valence-electron chi connectivity index (χ1n) is 11.3. The quantitative estimate of drug-likeness (QED) is 0.676. The molecule has 31 heavy (non-hydrogen) atoms. The van der Waals surface area contributed by atoms with Crippen molar-refractivity contribution in [3.05, 3.63) is 36.7 Å². The number of nitrogens with zero attached hydrogens (tertiary/aromatic N) is 6. The molecule has 0 bridgehead atoms. The highest BCUT2D eigenvalue weighted by molar-refractivity contribution is 5.87. The first-order valence-corrected chi connectivity index (χ1v) is 11.3. The maximum absolute atomic E-state index is 5.53. The minimum Gasteiger partial charge on any atom is -0.379 e. The Morgan fingerprint density at radius 2 is 1.74 bits per heavy atom. The minimum absolute atomic E-state index is 0.261. The topological polar surface area (TPSA) is 71.3 Å². The van der Waals surface area contributed by atoms with Gasteiger partial charge in [0.1, 0.15) is 6.33 Å². The molecule has 0 unspecified atom stereocenters. The van der Waals surface area contributed by atoms with Gasteiger partial charge in [-0.2, -0.15) is 0 Å². The van der Waals surface area contributed by atoms with E-state index < -0.39 is 0 Å². The highest BCUT2D eigenvalue weighted by atomic mass is 16.5. The molecule has 8 heteroatoms. The Labute approximate surface area is 183 Å². The van der Waals surface area contributed by atoms with Crippen molar-refractivity contribution in [2.45, 2.75) is 38.8 Å². The van der Waals surface area contributed by atoms with Crippen LogP contribution < -0.4 is 10.2 Å². The fourth-order valence-electron chi connectivity index (χ4n) is 4.72. The van der Waals surface area contributed by atoms with Crippen LogP contribution in [0.1, 0.15) is 32.7 Å². The number of ether oxygens (including phenoxy) is 1. The van der Waals surface area contributed by atoms with Crippen molar-refractivity contribution in [3.8, 4) is 0 Å². The lowest BCUT2D eigenvalue weighted by Crippen LogP contribution is -2.49. The number of piperidine rings is 1. The third-order valence-electron chi connectivity index (χ3n) is 6.32. The molecule has 0 amide bonds. The van der Waals surface area contributed by atoms with E-state index in [1.807, 2.05) is 30.3 Å². The molecule has 1 aromatic carbocycles. The number of imidazole rings is 1. The van der Waals surface area contributed by atoms with E-state index >= 15 is 0 Å². The summed E-state index contributed by atoms with van der Waals surface area (Å²) in [7, 11) is 0. The van der Waals surface area contributed by atoms with Crippen molar-refractivity contribution >= 4 is 28.6 Å². The largest absolute Gasteiger partial charge is 0.379 e. The molecule has 0 radical (unpaired) electrons. The Morgan fingerprint density at radius 3 is 2.45 bits per heavy atom. The van der Waals surface area contributed by atoms with Gasteiger partial charge in [0, 0.05) is 44.0 Å². The van der Waals surface area contributed by atoms with E-state index in [0.29, 0.717) is 6.04 Å². The molecular weight excluding hydrogens is 390 g/mol. The number of hydrogen-bond acceptors (Lipinski definition) is 7. The Balaban J connectivity index is 1.42. The molecule has 1 N–H and O–H groups in total. The van der Waals surface area contributed by atoms with E-state index in [1.165, 1.54) is 0 Å². The van der Waals surface area contributed by atoms with Gasteiger partial charge in [-0.25, -0.2) is 15.0 Å². The summed E-state index contributed by atoms with van der Waals surface area (Å²) in [6.07, 6.45) is 3.94. The van der Waals surface area contributed by atoms with Crippen LogP contribution in [-0.2, 0) is 4.74 Å². The zero-order valence-electron chi connectivity index (χ0n) is 18.4. The molecule has 0 saturated carbocycles. The maximum atomic E-state index is 5.53. The summed E-state index contributed by atoms with van der Waals surface area (Å²) >= 11 is 0. The number of para-hydroxylation sites is 1. The number of anilines is 3. The van der Waals surface area contributed by atoms with Gasteiger partial charge in [-0.15, -0.1) is 0 Å². The summed E-state index contributed by atoms with van der Waals surface area (Å²) in [5.74, 6) is 1.75. The lowest BCUT2D eigenvalue weighted by Gasteiger charge is -2.40. The first-order chi connectivity index (χ1) is 15.2. The van der Waals surface area contributed by atoms with Gasteiger partial charge >= 0.3 is 0 Å². The van der Waals surface area contributed by atoms with Crippen LogP contribution in [0.25, 0.3) is 11.2 Å². The summed E-state index contributed by atoms with van der Waals surface area (Å²) in [6.45, 7) is 10.2. The van der Waals surface area contributed by atoms with Crippen molar-refractivity contribution in [2.75, 3.05) is 49.6 Å². The molecule has 164 valence electrons. The SMILES string of the molecule is CC(C)n1c(N2CCC(N3CCOCC3)CC2)nc2c(Nc3ccccc3)ncnc21. The maximum Gasteiger partial charge on any atom is 0.208 e. The van der Waals surface area contributed by atoms with E-state index in [0.717, 1.165) is 80.9 Å². The molecule has 2 aliphatic rings. The Hall–Kier alpha value is -2.71. The van der Waals surface area contributed by atoms with Gasteiger partial charge in [0.15, 0.2) is 17.0 Å². The molecule has 8 nitrogen and oxygen atoms in total. The normalized spacial score (nSPS) is 18.7. The van der Waals surface area contributed by atoms with Crippen LogP contribution in [0.4, 0.5) is 17.5 Å². The third kappa shape index (κ3) is 4.09. The predicted octanol–water partition coefficient (Wildman–Crippen LogP) is 3.45. The summed E-state index contributed by atoms with van der Waals surface area (Å²) in [5.41, 5.74) is 2.70. The van der Waals surface area contributed by atoms with Crippen LogP contribution in [0.2, 0.25) is 0 Å². The Morgan fingerprint density at radius 1 is 1.00 bits per heavy atom. The van der Waals surface area contributed by atoms with Gasteiger partial charge in [-0.3, -0.25) is 9.47 Å². The van der Waals surface area contributed by atoms with Gasteiger partial charge in [-0.1, -0.05) is 18.2 Å². The van der Waals surface area contributed by atoms with Gasteiger partial charge in [0.25, 0.3) is 0 Å². The molecule has 3 aromatic rings. The highest BCUT2D eigenvalue weighted by Crippen LogP contribution is 2.32. The lowest BCUT2D eigenvalue weighted by atomic mass is 10.0. The Kier molecular flexibility index (Phi) is 5.74. The fraction of sp³-hybridized carbons (Fsp3) is 0.522. The number of nitrogens with one attached hydrogen (secondary N) is 1. The van der Waals surface area contributed by atoms with Gasteiger partial charge in [-0.05, 0) is 38.8 Å². The molecule has 0 spiro atoms. The second kappa shape index (κ2) is 8.80. The van der Waals surface area contributed by atoms with E-state index in [-0.39, 0.29) is 6.04 Å². The summed E-state index contributed by atoms with van der Waals surface area (Å²) in [6, 6.07) is 11.0. The highest BCUT2D eigenvalue weighted by Gasteiger charge is 2.29. The first kappa shape index (κ1) is 20.2. The van der Waals surface area contributed by atoms with Gasteiger partial charge in [0.05, 0.1) is 13.2 Å². The molecule has 0 atom stereocenters. The monoisotopic (exact) mass is 421 g/mol. The van der Waals surface area contributed by atoms with Crippen molar-refractivity contribution in [1.82, 2.24) is 24.4 Å². The molecule has 0 aliphatic carbocycles. The molecule has 2 saturated heterocycles. The second-order valence-corrected chi connectivity index (χ2v) is 8.63. The predicted molar refractivity (Wildman–Crippen MR) is 123 cm³/mol. The van der Waals surface area contributed by atoms with Crippen LogP contribution in [0.3, 0.4) is 0 Å². The lowest BCUT2D eigenvalue weighted by molar-refractivity contribution is 0.0114. The molecule has 2 aliphatic heterocycles. The number of morpholine rings is 1. The second-order valence-electron chi connectivity index (χ2n) is 8.63. The van der Waals surface area contributed by atoms with E-state index in [1.54, 1.807) is 6.33 Å². The van der Waals surface area contributed by atoms with E-state index in [2.05, 4.69) is 43.5 Å². The summed E-state index contributed by atoms with van der Waals surface area (Å²) in [4.78, 5) is 19.2. The molecule has 4 heterocycles. The Bertz CT molecular complexity index is 1010. The standard InChI is InChI=1S/C23H31N7O/c1-17(2)30-22-20(21(24-16-25-22)26-18-6-4-3-5-7-18)27-23(30)29-10-8-19(9-11-29)28-12-14-31-15-13-28/h3-7,16-17,19H,8-15H2,1-2H3,(H,24,25,26). The number of aromatic nitrogens is 4. The van der Waals surface area contributed by atoms with Crippen molar-refractivity contribution in [1.29, 1.82) is 0 Å². The van der Waals surface area contributed by atoms with Gasteiger partial charge in [0.2, 0.25) is 5.95 Å². The average Bonchev–Trinajstić information content (AvgIpc) is 3.21. The smallest absolute Gasteiger partial charge is 0.208 e. The number of hydrogen-bond donors (Lipinski definition) is 1. The van der Waals surface area contributed by atoms with Crippen LogP contribution in [0, 0.1) is 0 Å².